The van der Waals surface area contributed by atoms with Gasteiger partial charge in [-0.05, 0) is 65.6 Å². The molecule has 4 aromatic rings. The summed E-state index contributed by atoms with van der Waals surface area (Å²) in [5.41, 5.74) is 6.00. The van der Waals surface area contributed by atoms with Crippen molar-refractivity contribution in [2.24, 2.45) is 0 Å². The van der Waals surface area contributed by atoms with Crippen LogP contribution in [0.3, 0.4) is 0 Å². The number of benzene rings is 4. The highest BCUT2D eigenvalue weighted by molar-refractivity contribution is 5.55. The predicted octanol–water partition coefficient (Wildman–Crippen LogP) is 7.10. The van der Waals surface area contributed by atoms with Crippen LogP contribution < -0.4 is 14.2 Å². The summed E-state index contributed by atoms with van der Waals surface area (Å²) in [4.78, 5) is 2.38. The number of ether oxygens (including phenoxy) is 3. The molecule has 0 aliphatic carbocycles. The third-order valence-corrected chi connectivity index (χ3v) is 6.79. The van der Waals surface area contributed by atoms with E-state index in [1.54, 1.807) is 7.11 Å². The molecule has 4 aromatic carbocycles. The second-order valence-corrected chi connectivity index (χ2v) is 9.35. The molecule has 0 amide bonds. The minimum atomic E-state index is 0.155. The van der Waals surface area contributed by atoms with E-state index in [0.29, 0.717) is 13.2 Å². The highest BCUT2D eigenvalue weighted by atomic mass is 16.5. The predicted molar refractivity (Wildman–Crippen MR) is 149 cm³/mol. The quantitative estimate of drug-likeness (QED) is 0.250. The van der Waals surface area contributed by atoms with Crippen LogP contribution in [-0.2, 0) is 19.6 Å². The fourth-order valence-electron chi connectivity index (χ4n) is 4.66. The van der Waals surface area contributed by atoms with Gasteiger partial charge >= 0.3 is 0 Å². The van der Waals surface area contributed by atoms with Gasteiger partial charge in [-0.2, -0.15) is 0 Å². The Hall–Kier alpha value is -4.02. The normalized spacial score (nSPS) is 15.4. The van der Waals surface area contributed by atoms with Crippen molar-refractivity contribution in [2.45, 2.75) is 25.7 Å². The molecule has 0 radical (unpaired) electrons. The molecule has 37 heavy (non-hydrogen) atoms. The van der Waals surface area contributed by atoms with Crippen LogP contribution in [-0.4, -0.2) is 25.6 Å². The van der Waals surface area contributed by atoms with Crippen LogP contribution >= 0.6 is 0 Å². The first-order chi connectivity index (χ1) is 18.2. The lowest BCUT2D eigenvalue weighted by molar-refractivity contribution is 0.263. The summed E-state index contributed by atoms with van der Waals surface area (Å²) in [6, 6.07) is 33.1. The van der Waals surface area contributed by atoms with E-state index >= 15 is 0 Å². The van der Waals surface area contributed by atoms with Crippen LogP contribution in [0, 0.1) is 0 Å². The molecule has 1 atom stereocenters. The van der Waals surface area contributed by atoms with Crippen LogP contribution in [0.1, 0.15) is 33.9 Å². The summed E-state index contributed by atoms with van der Waals surface area (Å²) in [5.74, 6) is 2.43. The molecule has 0 unspecified atom stereocenters. The van der Waals surface area contributed by atoms with Crippen LogP contribution in [0.15, 0.2) is 103 Å². The summed E-state index contributed by atoms with van der Waals surface area (Å²) in [6.07, 6.45) is 5.44. The van der Waals surface area contributed by atoms with E-state index in [2.05, 4.69) is 72.6 Å². The van der Waals surface area contributed by atoms with Crippen LogP contribution in [0.5, 0.6) is 17.2 Å². The number of nitrogens with zero attached hydrogens (tertiary/aromatic N) is 1. The van der Waals surface area contributed by atoms with Gasteiger partial charge in [-0.3, -0.25) is 4.90 Å². The van der Waals surface area contributed by atoms with Gasteiger partial charge in [0.05, 0.1) is 13.2 Å². The first kappa shape index (κ1) is 24.7. The maximum atomic E-state index is 6.21. The number of hydrogen-bond acceptors (Lipinski definition) is 4. The number of methoxy groups -OCH3 is 1. The average Bonchev–Trinajstić information content (AvgIpc) is 2.95. The van der Waals surface area contributed by atoms with Crippen LogP contribution in [0.25, 0.3) is 6.08 Å². The summed E-state index contributed by atoms with van der Waals surface area (Å²) >= 11 is 0. The van der Waals surface area contributed by atoms with Gasteiger partial charge < -0.3 is 14.2 Å². The van der Waals surface area contributed by atoms with E-state index in [-0.39, 0.29) is 6.04 Å². The molecule has 0 fully saturated rings. The number of rotatable bonds is 9. The molecule has 188 valence electrons. The second kappa shape index (κ2) is 11.8. The van der Waals surface area contributed by atoms with Crippen molar-refractivity contribution in [1.29, 1.82) is 0 Å². The Bertz CT molecular complexity index is 1320. The van der Waals surface area contributed by atoms with Gasteiger partial charge in [-0.25, -0.2) is 0 Å². The first-order valence-electron chi connectivity index (χ1n) is 12.7. The SMILES string of the molecule is COc1cc2c(cc1OCc1ccccc1)[C@@H](/C=C/c1ccc(OCc3ccccc3)cc1)N(C)CC2. The Kier molecular flexibility index (Phi) is 7.87. The number of likely N-dealkylation sites (N-methyl/N-ethyl adjacent to an activating group) is 1. The molecule has 4 heteroatoms. The van der Waals surface area contributed by atoms with Gasteiger partial charge in [0.15, 0.2) is 11.5 Å². The fourth-order valence-corrected chi connectivity index (χ4v) is 4.66. The van der Waals surface area contributed by atoms with Gasteiger partial charge in [0.2, 0.25) is 0 Å². The van der Waals surface area contributed by atoms with E-state index in [0.717, 1.165) is 46.9 Å². The van der Waals surface area contributed by atoms with E-state index < -0.39 is 0 Å². The molecule has 4 nitrogen and oxygen atoms in total. The molecule has 1 heterocycles. The molecule has 1 aliphatic heterocycles. The zero-order valence-electron chi connectivity index (χ0n) is 21.5. The van der Waals surface area contributed by atoms with Crippen LogP contribution in [0.2, 0.25) is 0 Å². The lowest BCUT2D eigenvalue weighted by atomic mass is 9.91. The Balaban J connectivity index is 1.31. The Labute approximate surface area is 219 Å². The molecule has 0 spiro atoms. The van der Waals surface area contributed by atoms with Crippen molar-refractivity contribution >= 4 is 6.08 Å². The van der Waals surface area contributed by atoms with Gasteiger partial charge in [-0.15, -0.1) is 0 Å². The van der Waals surface area contributed by atoms with Gasteiger partial charge in [-0.1, -0.05) is 84.9 Å². The van der Waals surface area contributed by atoms with E-state index in [1.165, 1.54) is 11.1 Å². The van der Waals surface area contributed by atoms with E-state index in [4.69, 9.17) is 14.2 Å². The standard InChI is InChI=1S/C33H33NO3/c1-34-20-19-28-21-32(35-2)33(37-24-27-11-7-4-8-12-27)22-30(28)31(34)18-15-25-13-16-29(17-14-25)36-23-26-9-5-3-6-10-26/h3-18,21-22,31H,19-20,23-24H2,1-2H3/b18-15+/t31-/m1/s1. The van der Waals surface area contributed by atoms with E-state index in [9.17, 15) is 0 Å². The Morgan fingerprint density at radius 3 is 2.08 bits per heavy atom. The molecule has 0 aromatic heterocycles. The third-order valence-electron chi connectivity index (χ3n) is 6.79. The topological polar surface area (TPSA) is 30.9 Å². The van der Waals surface area contributed by atoms with Crippen molar-refractivity contribution < 1.29 is 14.2 Å². The van der Waals surface area contributed by atoms with E-state index in [1.807, 2.05) is 48.5 Å². The van der Waals surface area contributed by atoms with Gasteiger partial charge in [0.1, 0.15) is 19.0 Å². The van der Waals surface area contributed by atoms with Gasteiger partial charge in [0, 0.05) is 6.54 Å². The third kappa shape index (κ3) is 6.22. The first-order valence-corrected chi connectivity index (χ1v) is 12.7. The zero-order chi connectivity index (χ0) is 25.5. The molecule has 0 bridgehead atoms. The summed E-state index contributed by atoms with van der Waals surface area (Å²) in [5, 5.41) is 0. The fraction of sp³-hybridized carbons (Fsp3) is 0.212. The second-order valence-electron chi connectivity index (χ2n) is 9.35. The number of hydrogen-bond donors (Lipinski definition) is 0. The van der Waals surface area contributed by atoms with Crippen molar-refractivity contribution in [3.63, 3.8) is 0 Å². The lowest BCUT2D eigenvalue weighted by Crippen LogP contribution is -2.31. The maximum Gasteiger partial charge on any atom is 0.162 e. The molecule has 5 rings (SSSR count). The average molecular weight is 492 g/mol. The lowest BCUT2D eigenvalue weighted by Gasteiger charge is -2.33. The molecular weight excluding hydrogens is 458 g/mol. The number of fused-ring (bicyclic) bond motifs is 1. The molecular formula is C33H33NO3. The Morgan fingerprint density at radius 1 is 0.784 bits per heavy atom. The highest BCUT2D eigenvalue weighted by Gasteiger charge is 2.25. The van der Waals surface area contributed by atoms with Crippen molar-refractivity contribution in [3.05, 3.63) is 131 Å². The minimum absolute atomic E-state index is 0.155. The maximum absolute atomic E-state index is 6.21. The zero-order valence-corrected chi connectivity index (χ0v) is 21.5. The molecule has 1 aliphatic rings. The largest absolute Gasteiger partial charge is 0.493 e. The van der Waals surface area contributed by atoms with Crippen molar-refractivity contribution in [1.82, 2.24) is 4.90 Å². The monoisotopic (exact) mass is 491 g/mol. The van der Waals surface area contributed by atoms with Gasteiger partial charge in [0.25, 0.3) is 0 Å². The summed E-state index contributed by atoms with van der Waals surface area (Å²) in [6.45, 7) is 2.06. The van der Waals surface area contributed by atoms with Crippen molar-refractivity contribution in [2.75, 3.05) is 20.7 Å². The summed E-state index contributed by atoms with van der Waals surface area (Å²) < 4.78 is 17.8. The molecule has 0 saturated heterocycles. The molecule has 0 N–H and O–H groups in total. The van der Waals surface area contributed by atoms with Crippen molar-refractivity contribution in [3.8, 4) is 17.2 Å². The minimum Gasteiger partial charge on any atom is -0.493 e. The Morgan fingerprint density at radius 2 is 1.43 bits per heavy atom. The molecule has 0 saturated carbocycles. The highest BCUT2D eigenvalue weighted by Crippen LogP contribution is 2.39. The van der Waals surface area contributed by atoms with Crippen LogP contribution in [0.4, 0.5) is 0 Å². The summed E-state index contributed by atoms with van der Waals surface area (Å²) in [7, 11) is 3.88. The smallest absolute Gasteiger partial charge is 0.162 e.